The van der Waals surface area contributed by atoms with E-state index in [2.05, 4.69) is 56.8 Å². The molecule has 0 aromatic carbocycles. The summed E-state index contributed by atoms with van der Waals surface area (Å²) in [5.41, 5.74) is 1.21. The van der Waals surface area contributed by atoms with E-state index in [1.807, 2.05) is 13.2 Å². The minimum atomic E-state index is -0.0119. The van der Waals surface area contributed by atoms with Crippen molar-refractivity contribution in [3.05, 3.63) is 17.6 Å². The summed E-state index contributed by atoms with van der Waals surface area (Å²) in [6, 6.07) is 0. The van der Waals surface area contributed by atoms with Gasteiger partial charge < -0.3 is 5.32 Å². The topological polar surface area (TPSA) is 37.8 Å². The van der Waals surface area contributed by atoms with Crippen LogP contribution in [-0.4, -0.2) is 17.0 Å². The Kier molecular flexibility index (Phi) is 3.27. The number of nitrogens with one attached hydrogen (secondary N) is 1. The number of nitrogens with zero attached hydrogens (tertiary/aromatic N) is 2. The van der Waals surface area contributed by atoms with Crippen molar-refractivity contribution in [3.8, 4) is 0 Å². The molecule has 0 spiro atoms. The van der Waals surface area contributed by atoms with Gasteiger partial charge in [0.2, 0.25) is 0 Å². The van der Waals surface area contributed by atoms with E-state index in [9.17, 15) is 0 Å². The largest absolute Gasteiger partial charge is 0.373 e. The molecular formula is C13H23N3. The van der Waals surface area contributed by atoms with Gasteiger partial charge >= 0.3 is 0 Å². The lowest BCUT2D eigenvalue weighted by Gasteiger charge is -2.24. The van der Waals surface area contributed by atoms with Crippen molar-refractivity contribution in [1.29, 1.82) is 0 Å². The van der Waals surface area contributed by atoms with E-state index in [0.717, 1.165) is 17.2 Å². The number of rotatable bonds is 1. The molecule has 0 aliphatic carbocycles. The molecule has 0 atom stereocenters. The minimum Gasteiger partial charge on any atom is -0.373 e. The van der Waals surface area contributed by atoms with Gasteiger partial charge in [0.15, 0.2) is 0 Å². The van der Waals surface area contributed by atoms with E-state index in [1.165, 1.54) is 0 Å². The molecule has 90 valence electrons. The molecule has 16 heavy (non-hydrogen) atoms. The zero-order chi connectivity index (χ0) is 12.6. The molecule has 0 fully saturated rings. The van der Waals surface area contributed by atoms with Crippen LogP contribution < -0.4 is 5.32 Å². The molecule has 0 aliphatic heterocycles. The zero-order valence-corrected chi connectivity index (χ0v) is 11.5. The number of hydrogen-bond acceptors (Lipinski definition) is 3. The Labute approximate surface area is 98.7 Å². The summed E-state index contributed by atoms with van der Waals surface area (Å²) in [6.45, 7) is 12.9. The first kappa shape index (κ1) is 12.9. The van der Waals surface area contributed by atoms with E-state index in [-0.39, 0.29) is 10.8 Å². The van der Waals surface area contributed by atoms with Gasteiger partial charge in [0, 0.05) is 24.2 Å². The highest BCUT2D eigenvalue weighted by molar-refractivity contribution is 5.46. The van der Waals surface area contributed by atoms with Crippen molar-refractivity contribution in [1.82, 2.24) is 9.97 Å². The molecule has 3 nitrogen and oxygen atoms in total. The minimum absolute atomic E-state index is 0.0119. The second-order valence-electron chi connectivity index (χ2n) is 6.21. The molecule has 3 heteroatoms. The van der Waals surface area contributed by atoms with Crippen LogP contribution in [0.3, 0.4) is 0 Å². The maximum atomic E-state index is 4.61. The number of hydrogen-bond donors (Lipinski definition) is 1. The molecule has 0 saturated heterocycles. The van der Waals surface area contributed by atoms with Crippen molar-refractivity contribution in [2.75, 3.05) is 12.4 Å². The van der Waals surface area contributed by atoms with Gasteiger partial charge in [0.05, 0.1) is 0 Å². The van der Waals surface area contributed by atoms with Gasteiger partial charge in [-0.1, -0.05) is 41.5 Å². The fourth-order valence-electron chi connectivity index (χ4n) is 1.48. The zero-order valence-electron chi connectivity index (χ0n) is 11.5. The van der Waals surface area contributed by atoms with Gasteiger partial charge in [-0.2, -0.15) is 0 Å². The average Bonchev–Trinajstić information content (AvgIpc) is 2.14. The van der Waals surface area contributed by atoms with E-state index in [0.29, 0.717) is 0 Å². The van der Waals surface area contributed by atoms with Crippen LogP contribution in [0.5, 0.6) is 0 Å². The van der Waals surface area contributed by atoms with Crippen molar-refractivity contribution < 1.29 is 0 Å². The summed E-state index contributed by atoms with van der Waals surface area (Å²) >= 11 is 0. The predicted molar refractivity (Wildman–Crippen MR) is 69.0 cm³/mol. The van der Waals surface area contributed by atoms with E-state index in [1.54, 1.807) is 0 Å². The molecule has 0 radical (unpaired) electrons. The van der Waals surface area contributed by atoms with E-state index >= 15 is 0 Å². The maximum absolute atomic E-state index is 4.61. The van der Waals surface area contributed by atoms with Gasteiger partial charge in [-0.15, -0.1) is 0 Å². The highest BCUT2D eigenvalue weighted by atomic mass is 15.0. The predicted octanol–water partition coefficient (Wildman–Crippen LogP) is 3.11. The second-order valence-corrected chi connectivity index (χ2v) is 6.21. The summed E-state index contributed by atoms with van der Waals surface area (Å²) < 4.78 is 0. The average molecular weight is 221 g/mol. The highest BCUT2D eigenvalue weighted by Crippen LogP contribution is 2.29. The molecule has 0 saturated carbocycles. The second kappa shape index (κ2) is 4.04. The molecule has 1 aromatic rings. The van der Waals surface area contributed by atoms with Gasteiger partial charge in [-0.3, -0.25) is 0 Å². The highest BCUT2D eigenvalue weighted by Gasteiger charge is 2.23. The van der Waals surface area contributed by atoms with Crippen LogP contribution in [0.2, 0.25) is 0 Å². The standard InChI is InChI=1S/C13H23N3/c1-12(2,3)9-8-15-11(13(4,5)6)16-10(9)14-7/h8H,1-7H3,(H,14,15,16). The Hall–Kier alpha value is -1.12. The van der Waals surface area contributed by atoms with Crippen molar-refractivity contribution in [2.24, 2.45) is 0 Å². The number of anilines is 1. The van der Waals surface area contributed by atoms with Crippen LogP contribution in [0, 0.1) is 0 Å². The molecule has 0 aliphatic rings. The lowest BCUT2D eigenvalue weighted by Crippen LogP contribution is -2.21. The van der Waals surface area contributed by atoms with Gasteiger partial charge in [-0.25, -0.2) is 9.97 Å². The first-order valence-corrected chi connectivity index (χ1v) is 5.72. The Morgan fingerprint density at radius 3 is 1.94 bits per heavy atom. The summed E-state index contributed by atoms with van der Waals surface area (Å²) in [5.74, 6) is 1.82. The first-order valence-electron chi connectivity index (χ1n) is 5.72. The normalized spacial score (nSPS) is 12.7. The Bertz CT molecular complexity index is 370. The molecule has 0 unspecified atom stereocenters. The molecule has 0 amide bonds. The Balaban J connectivity index is 3.28. The molecule has 1 aromatic heterocycles. The monoisotopic (exact) mass is 221 g/mol. The van der Waals surface area contributed by atoms with Crippen LogP contribution in [0.1, 0.15) is 52.9 Å². The van der Waals surface area contributed by atoms with Crippen molar-refractivity contribution in [3.63, 3.8) is 0 Å². The lowest BCUT2D eigenvalue weighted by atomic mass is 9.87. The summed E-state index contributed by atoms with van der Waals surface area (Å²) in [4.78, 5) is 9.08. The van der Waals surface area contributed by atoms with Crippen LogP contribution >= 0.6 is 0 Å². The maximum Gasteiger partial charge on any atom is 0.135 e. The van der Waals surface area contributed by atoms with Crippen molar-refractivity contribution >= 4 is 5.82 Å². The fourth-order valence-corrected chi connectivity index (χ4v) is 1.48. The van der Waals surface area contributed by atoms with E-state index < -0.39 is 0 Å². The number of aromatic nitrogens is 2. The van der Waals surface area contributed by atoms with Crippen LogP contribution in [0.25, 0.3) is 0 Å². The molecule has 0 bridgehead atoms. The third-order valence-corrected chi connectivity index (χ3v) is 2.50. The molecule has 1 N–H and O–H groups in total. The SMILES string of the molecule is CNc1nc(C(C)(C)C)ncc1C(C)(C)C. The van der Waals surface area contributed by atoms with Crippen LogP contribution in [0.4, 0.5) is 5.82 Å². The third-order valence-electron chi connectivity index (χ3n) is 2.50. The van der Waals surface area contributed by atoms with Gasteiger partial charge in [0.25, 0.3) is 0 Å². The quantitative estimate of drug-likeness (QED) is 0.791. The van der Waals surface area contributed by atoms with Crippen molar-refractivity contribution in [2.45, 2.75) is 52.4 Å². The first-order chi connectivity index (χ1) is 7.16. The summed E-state index contributed by atoms with van der Waals surface area (Å²) in [5, 5.41) is 3.16. The molecular weight excluding hydrogens is 198 g/mol. The van der Waals surface area contributed by atoms with Gasteiger partial charge in [-0.05, 0) is 5.41 Å². The van der Waals surface area contributed by atoms with Crippen LogP contribution in [-0.2, 0) is 10.8 Å². The van der Waals surface area contributed by atoms with Crippen LogP contribution in [0.15, 0.2) is 6.20 Å². The summed E-state index contributed by atoms with van der Waals surface area (Å²) in [7, 11) is 1.91. The molecule has 1 rings (SSSR count). The Morgan fingerprint density at radius 2 is 1.56 bits per heavy atom. The summed E-state index contributed by atoms with van der Waals surface area (Å²) in [6.07, 6.45) is 1.94. The lowest BCUT2D eigenvalue weighted by molar-refractivity contribution is 0.534. The Morgan fingerprint density at radius 1 is 1.00 bits per heavy atom. The third kappa shape index (κ3) is 2.71. The van der Waals surface area contributed by atoms with Gasteiger partial charge in [0.1, 0.15) is 11.6 Å². The molecule has 1 heterocycles. The smallest absolute Gasteiger partial charge is 0.135 e. The van der Waals surface area contributed by atoms with E-state index in [4.69, 9.17) is 0 Å². The fraction of sp³-hybridized carbons (Fsp3) is 0.692.